The first-order chi connectivity index (χ1) is 14.1. The summed E-state index contributed by atoms with van der Waals surface area (Å²) in [6.45, 7) is 0. The molecule has 158 valence electrons. The highest BCUT2D eigenvalue weighted by molar-refractivity contribution is 7.99. The van der Waals surface area contributed by atoms with Crippen molar-refractivity contribution >= 4 is 33.4 Å². The Balaban J connectivity index is 1.93. The molecule has 1 N–H and O–H groups in total. The van der Waals surface area contributed by atoms with Gasteiger partial charge in [-0.2, -0.15) is 0 Å². The predicted molar refractivity (Wildman–Crippen MR) is 109 cm³/mol. The first-order valence-corrected chi connectivity index (χ1v) is 10.8. The van der Waals surface area contributed by atoms with E-state index in [2.05, 4.69) is 10.3 Å². The van der Waals surface area contributed by atoms with Gasteiger partial charge in [-0.25, -0.2) is 26.5 Å². The number of nitrogens with one attached hydrogen (secondary N) is 1. The molecule has 0 spiro atoms. The SMILES string of the molecule is CN(C)S(=O)(=O)c1cc(C(=O)Nc2cc(F)ccc2Sc2nccn2C)ccc1F. The number of rotatable bonds is 6. The molecular formula is C19H18F2N4O3S2. The van der Waals surface area contributed by atoms with Gasteiger partial charge in [-0.05, 0) is 48.2 Å². The quantitative estimate of drug-likeness (QED) is 0.620. The number of carbonyl (C=O) groups is 1. The van der Waals surface area contributed by atoms with Crippen molar-refractivity contribution in [1.82, 2.24) is 13.9 Å². The molecule has 0 atom stereocenters. The second-order valence-electron chi connectivity index (χ2n) is 6.45. The van der Waals surface area contributed by atoms with Crippen molar-refractivity contribution in [3.05, 3.63) is 66.0 Å². The van der Waals surface area contributed by atoms with Gasteiger partial charge in [0.2, 0.25) is 10.0 Å². The molecule has 30 heavy (non-hydrogen) atoms. The number of aryl methyl sites for hydroxylation is 1. The molecule has 0 aliphatic heterocycles. The van der Waals surface area contributed by atoms with Crippen LogP contribution >= 0.6 is 11.8 Å². The van der Waals surface area contributed by atoms with Crippen molar-refractivity contribution in [2.24, 2.45) is 7.05 Å². The molecule has 1 amide bonds. The topological polar surface area (TPSA) is 84.3 Å². The van der Waals surface area contributed by atoms with Crippen LogP contribution in [0.2, 0.25) is 0 Å². The highest BCUT2D eigenvalue weighted by Crippen LogP contribution is 2.33. The Morgan fingerprint density at radius 1 is 1.17 bits per heavy atom. The lowest BCUT2D eigenvalue weighted by Crippen LogP contribution is -2.24. The van der Waals surface area contributed by atoms with Gasteiger partial charge in [0, 0.05) is 44.0 Å². The van der Waals surface area contributed by atoms with E-state index in [0.29, 0.717) is 10.1 Å². The number of sulfonamides is 1. The number of anilines is 1. The summed E-state index contributed by atoms with van der Waals surface area (Å²) in [6, 6.07) is 6.90. The summed E-state index contributed by atoms with van der Waals surface area (Å²) in [7, 11) is 0.225. The van der Waals surface area contributed by atoms with Gasteiger partial charge in [-0.1, -0.05) is 0 Å². The summed E-state index contributed by atoms with van der Waals surface area (Å²) in [5.74, 6) is -2.25. The predicted octanol–water partition coefficient (Wildman–Crippen LogP) is 3.35. The normalized spacial score (nSPS) is 11.7. The number of carbonyl (C=O) groups excluding carboxylic acids is 1. The zero-order valence-corrected chi connectivity index (χ0v) is 17.9. The second kappa shape index (κ2) is 8.54. The number of aromatic nitrogens is 2. The third kappa shape index (κ3) is 4.53. The minimum absolute atomic E-state index is 0.0889. The Morgan fingerprint density at radius 2 is 1.90 bits per heavy atom. The Kier molecular flexibility index (Phi) is 6.25. The van der Waals surface area contributed by atoms with Gasteiger partial charge in [0.15, 0.2) is 5.16 Å². The molecule has 0 fully saturated rings. The lowest BCUT2D eigenvalue weighted by atomic mass is 10.2. The highest BCUT2D eigenvalue weighted by atomic mass is 32.2. The average Bonchev–Trinajstić information content (AvgIpc) is 3.08. The van der Waals surface area contributed by atoms with Crippen LogP contribution in [0.3, 0.4) is 0 Å². The zero-order valence-electron chi connectivity index (χ0n) is 16.3. The molecule has 0 aliphatic carbocycles. The van der Waals surface area contributed by atoms with E-state index in [1.165, 1.54) is 38.0 Å². The van der Waals surface area contributed by atoms with E-state index >= 15 is 0 Å². The Morgan fingerprint density at radius 3 is 2.53 bits per heavy atom. The number of hydrogen-bond donors (Lipinski definition) is 1. The molecule has 0 unspecified atom stereocenters. The molecule has 1 heterocycles. The van der Waals surface area contributed by atoms with Gasteiger partial charge in [0.05, 0.1) is 5.69 Å². The number of hydrogen-bond acceptors (Lipinski definition) is 5. The monoisotopic (exact) mass is 452 g/mol. The average molecular weight is 453 g/mol. The van der Waals surface area contributed by atoms with E-state index in [9.17, 15) is 22.0 Å². The Bertz CT molecular complexity index is 1210. The number of nitrogens with zero attached hydrogens (tertiary/aromatic N) is 3. The fourth-order valence-corrected chi connectivity index (χ4v) is 4.33. The molecule has 0 saturated carbocycles. The summed E-state index contributed by atoms with van der Waals surface area (Å²) in [4.78, 5) is 16.8. The van der Waals surface area contributed by atoms with Crippen molar-refractivity contribution in [3.63, 3.8) is 0 Å². The van der Waals surface area contributed by atoms with Crippen LogP contribution in [-0.2, 0) is 17.1 Å². The van der Waals surface area contributed by atoms with E-state index in [1.54, 1.807) is 24.0 Å². The van der Waals surface area contributed by atoms with E-state index < -0.39 is 32.5 Å². The first-order valence-electron chi connectivity index (χ1n) is 8.58. The smallest absolute Gasteiger partial charge is 0.255 e. The minimum atomic E-state index is -4.09. The van der Waals surface area contributed by atoms with Crippen LogP contribution in [-0.4, -0.2) is 42.3 Å². The fraction of sp³-hybridized carbons (Fsp3) is 0.158. The summed E-state index contributed by atoms with van der Waals surface area (Å²) < 4.78 is 55.1. The lowest BCUT2D eigenvalue weighted by molar-refractivity contribution is 0.102. The van der Waals surface area contributed by atoms with Gasteiger partial charge in [0.25, 0.3) is 5.91 Å². The van der Waals surface area contributed by atoms with Gasteiger partial charge in [-0.3, -0.25) is 4.79 Å². The van der Waals surface area contributed by atoms with Crippen LogP contribution in [0.15, 0.2) is 63.7 Å². The molecule has 0 aliphatic rings. The molecule has 0 radical (unpaired) electrons. The molecule has 3 rings (SSSR count). The molecular weight excluding hydrogens is 434 g/mol. The Hall–Kier alpha value is -2.76. The van der Waals surface area contributed by atoms with Crippen LogP contribution in [0, 0.1) is 11.6 Å². The summed E-state index contributed by atoms with van der Waals surface area (Å²) in [6.07, 6.45) is 3.35. The number of benzene rings is 2. The first kappa shape index (κ1) is 21.9. The maximum absolute atomic E-state index is 14.1. The van der Waals surface area contributed by atoms with Gasteiger partial charge in [-0.15, -0.1) is 0 Å². The number of halogens is 2. The molecule has 11 heteroatoms. The molecule has 1 aromatic heterocycles. The zero-order chi connectivity index (χ0) is 22.1. The highest BCUT2D eigenvalue weighted by Gasteiger charge is 2.24. The molecule has 2 aromatic carbocycles. The van der Waals surface area contributed by atoms with E-state index in [0.717, 1.165) is 28.6 Å². The maximum atomic E-state index is 14.1. The van der Waals surface area contributed by atoms with Crippen molar-refractivity contribution < 1.29 is 22.0 Å². The van der Waals surface area contributed by atoms with E-state index in [1.807, 2.05) is 0 Å². The molecule has 0 bridgehead atoms. The van der Waals surface area contributed by atoms with Gasteiger partial charge < -0.3 is 9.88 Å². The van der Waals surface area contributed by atoms with Gasteiger partial charge >= 0.3 is 0 Å². The second-order valence-corrected chi connectivity index (χ2v) is 9.58. The van der Waals surface area contributed by atoms with Crippen LogP contribution in [0.25, 0.3) is 0 Å². The van der Waals surface area contributed by atoms with Crippen molar-refractivity contribution in [3.8, 4) is 0 Å². The third-order valence-corrected chi connectivity index (χ3v) is 7.10. The third-order valence-electron chi connectivity index (χ3n) is 4.12. The van der Waals surface area contributed by atoms with Crippen molar-refractivity contribution in [2.75, 3.05) is 19.4 Å². The standard InChI is InChI=1S/C19H18F2N4O3S2/c1-24(2)30(27,28)17-10-12(4-6-14(17)21)18(26)23-15-11-13(20)5-7-16(15)29-19-22-8-9-25(19)3/h4-11H,1-3H3,(H,23,26). The van der Waals surface area contributed by atoms with E-state index in [4.69, 9.17) is 0 Å². The van der Waals surface area contributed by atoms with Crippen LogP contribution in [0.1, 0.15) is 10.4 Å². The Labute approximate surface area is 176 Å². The summed E-state index contributed by atoms with van der Waals surface area (Å²) in [5, 5.41) is 3.18. The van der Waals surface area contributed by atoms with Crippen LogP contribution < -0.4 is 5.32 Å². The summed E-state index contributed by atoms with van der Waals surface area (Å²) >= 11 is 1.22. The lowest BCUT2D eigenvalue weighted by Gasteiger charge is -2.14. The molecule has 0 saturated heterocycles. The largest absolute Gasteiger partial charge is 0.329 e. The van der Waals surface area contributed by atoms with Crippen molar-refractivity contribution in [1.29, 1.82) is 0 Å². The van der Waals surface area contributed by atoms with E-state index in [-0.39, 0.29) is 11.3 Å². The molecule has 7 nitrogen and oxygen atoms in total. The van der Waals surface area contributed by atoms with Gasteiger partial charge in [0.1, 0.15) is 16.5 Å². The fourth-order valence-electron chi connectivity index (χ4n) is 2.47. The minimum Gasteiger partial charge on any atom is -0.329 e. The maximum Gasteiger partial charge on any atom is 0.255 e. The summed E-state index contributed by atoms with van der Waals surface area (Å²) in [5.41, 5.74) is 0.0865. The number of imidazole rings is 1. The van der Waals surface area contributed by atoms with Crippen LogP contribution in [0.4, 0.5) is 14.5 Å². The van der Waals surface area contributed by atoms with Crippen LogP contribution in [0.5, 0.6) is 0 Å². The number of amides is 1. The van der Waals surface area contributed by atoms with Crippen molar-refractivity contribution in [2.45, 2.75) is 14.9 Å². The molecule has 3 aromatic rings.